The summed E-state index contributed by atoms with van der Waals surface area (Å²) in [4.78, 5) is 23.5. The van der Waals surface area contributed by atoms with E-state index in [1.807, 2.05) is 12.1 Å². The van der Waals surface area contributed by atoms with Gasteiger partial charge < -0.3 is 20.2 Å². The molecule has 1 heterocycles. The first-order valence-electron chi connectivity index (χ1n) is 10.6. The summed E-state index contributed by atoms with van der Waals surface area (Å²) in [5, 5.41) is 21.3. The minimum Gasteiger partial charge on any atom is -0.481 e. The van der Waals surface area contributed by atoms with Gasteiger partial charge in [0.2, 0.25) is 0 Å². The van der Waals surface area contributed by atoms with E-state index in [1.165, 1.54) is 18.2 Å². The molecule has 1 saturated carbocycles. The van der Waals surface area contributed by atoms with Crippen molar-refractivity contribution >= 4 is 29.3 Å². The van der Waals surface area contributed by atoms with Crippen LogP contribution in [0.15, 0.2) is 52.9 Å². The number of aliphatic carboxylic acids is 1. The van der Waals surface area contributed by atoms with Crippen molar-refractivity contribution in [2.45, 2.75) is 37.8 Å². The van der Waals surface area contributed by atoms with Crippen LogP contribution in [0.25, 0.3) is 0 Å². The number of alkyl halides is 3. The number of hydrogen-bond acceptors (Lipinski definition) is 6. The number of nitrogens with zero attached hydrogens (tertiary/aromatic N) is 2. The van der Waals surface area contributed by atoms with Gasteiger partial charge in [0.25, 0.3) is 0 Å². The van der Waals surface area contributed by atoms with E-state index in [0.717, 1.165) is 24.5 Å². The van der Waals surface area contributed by atoms with E-state index >= 15 is 0 Å². The fourth-order valence-corrected chi connectivity index (χ4v) is 4.02. The number of carbonyl (C=O) groups excluding carboxylic acids is 1. The number of amides is 1. The number of benzene rings is 2. The molecule has 8 nitrogen and oxygen atoms in total. The minimum atomic E-state index is -4.58. The molecule has 1 aliphatic rings. The van der Waals surface area contributed by atoms with Crippen molar-refractivity contribution in [3.63, 3.8) is 0 Å². The van der Waals surface area contributed by atoms with Crippen LogP contribution < -0.4 is 10.6 Å². The SMILES string of the molecule is O=C(Nc1ccc([C@H]2CC[C@H](C(=O)O)CC2)cc1)c1nnc(Nc2ccccc2C(F)(F)F)o1. The predicted molar refractivity (Wildman–Crippen MR) is 116 cm³/mol. The summed E-state index contributed by atoms with van der Waals surface area (Å²) < 4.78 is 44.6. The van der Waals surface area contributed by atoms with E-state index in [2.05, 4.69) is 20.8 Å². The number of carboxylic acid groups (broad SMARTS) is 1. The molecule has 0 saturated heterocycles. The van der Waals surface area contributed by atoms with Crippen LogP contribution in [-0.2, 0) is 11.0 Å². The van der Waals surface area contributed by atoms with Crippen LogP contribution >= 0.6 is 0 Å². The van der Waals surface area contributed by atoms with E-state index in [1.54, 1.807) is 12.1 Å². The first-order chi connectivity index (χ1) is 16.2. The molecule has 3 N–H and O–H groups in total. The highest BCUT2D eigenvalue weighted by Crippen LogP contribution is 2.37. The fourth-order valence-electron chi connectivity index (χ4n) is 4.02. The Morgan fingerprint density at radius 1 is 0.971 bits per heavy atom. The molecule has 1 amide bonds. The average molecular weight is 474 g/mol. The molecule has 0 bridgehead atoms. The number of anilines is 3. The summed E-state index contributed by atoms with van der Waals surface area (Å²) >= 11 is 0. The molecule has 11 heteroatoms. The maximum absolute atomic E-state index is 13.1. The number of aromatic nitrogens is 2. The minimum absolute atomic E-state index is 0.268. The lowest BCUT2D eigenvalue weighted by Crippen LogP contribution is -2.20. The summed E-state index contributed by atoms with van der Waals surface area (Å²) in [6.07, 6.45) is -1.72. The second kappa shape index (κ2) is 9.54. The summed E-state index contributed by atoms with van der Waals surface area (Å²) in [6, 6.07) is 11.6. The quantitative estimate of drug-likeness (QED) is 0.435. The first kappa shape index (κ1) is 23.3. The summed E-state index contributed by atoms with van der Waals surface area (Å²) in [6.45, 7) is 0. The Morgan fingerprint density at radius 3 is 2.29 bits per heavy atom. The Kier molecular flexibility index (Phi) is 6.53. The van der Waals surface area contributed by atoms with E-state index in [9.17, 15) is 22.8 Å². The van der Waals surface area contributed by atoms with Gasteiger partial charge in [-0.2, -0.15) is 13.2 Å². The Bertz CT molecular complexity index is 1170. The van der Waals surface area contributed by atoms with E-state index in [4.69, 9.17) is 9.52 Å². The lowest BCUT2D eigenvalue weighted by atomic mass is 9.79. The smallest absolute Gasteiger partial charge is 0.418 e. The molecule has 1 aliphatic carbocycles. The normalized spacial score (nSPS) is 18.3. The van der Waals surface area contributed by atoms with E-state index < -0.39 is 29.5 Å². The van der Waals surface area contributed by atoms with Crippen LogP contribution in [0, 0.1) is 5.92 Å². The lowest BCUT2D eigenvalue weighted by molar-refractivity contribution is -0.143. The molecule has 0 aliphatic heterocycles. The van der Waals surface area contributed by atoms with Gasteiger partial charge in [-0.1, -0.05) is 29.4 Å². The number of para-hydroxylation sites is 1. The third-order valence-electron chi connectivity index (χ3n) is 5.81. The van der Waals surface area contributed by atoms with Crippen molar-refractivity contribution in [2.75, 3.05) is 10.6 Å². The van der Waals surface area contributed by atoms with Gasteiger partial charge in [0, 0.05) is 5.69 Å². The number of hydrogen-bond donors (Lipinski definition) is 3. The Balaban J connectivity index is 1.37. The molecular formula is C23H21F3N4O4. The lowest BCUT2D eigenvalue weighted by Gasteiger charge is -2.26. The zero-order chi connectivity index (χ0) is 24.3. The first-order valence-corrected chi connectivity index (χ1v) is 10.6. The number of carbonyl (C=O) groups is 2. The van der Waals surface area contributed by atoms with Crippen LogP contribution in [-0.4, -0.2) is 27.2 Å². The van der Waals surface area contributed by atoms with Gasteiger partial charge in [0.15, 0.2) is 0 Å². The maximum atomic E-state index is 13.1. The van der Waals surface area contributed by atoms with Crippen LogP contribution in [0.1, 0.15) is 53.4 Å². The van der Waals surface area contributed by atoms with Crippen molar-refractivity contribution in [1.82, 2.24) is 10.2 Å². The van der Waals surface area contributed by atoms with Crippen molar-refractivity contribution < 1.29 is 32.3 Å². The fraction of sp³-hybridized carbons (Fsp3) is 0.304. The van der Waals surface area contributed by atoms with Gasteiger partial charge in [-0.05, 0) is 61.4 Å². The van der Waals surface area contributed by atoms with Gasteiger partial charge in [-0.25, -0.2) is 0 Å². The van der Waals surface area contributed by atoms with E-state index in [0.29, 0.717) is 18.5 Å². The molecule has 34 heavy (non-hydrogen) atoms. The van der Waals surface area contributed by atoms with Crippen LogP contribution in [0.2, 0.25) is 0 Å². The topological polar surface area (TPSA) is 117 Å². The summed E-state index contributed by atoms with van der Waals surface area (Å²) in [7, 11) is 0. The Hall–Kier alpha value is -3.89. The highest BCUT2D eigenvalue weighted by atomic mass is 19.4. The molecule has 2 aromatic carbocycles. The molecule has 0 radical (unpaired) electrons. The molecule has 0 unspecified atom stereocenters. The average Bonchev–Trinajstić information content (AvgIpc) is 3.28. The Morgan fingerprint density at radius 2 is 1.65 bits per heavy atom. The van der Waals surface area contributed by atoms with Crippen molar-refractivity contribution in [3.05, 3.63) is 65.5 Å². The molecule has 0 spiro atoms. The molecular weight excluding hydrogens is 453 g/mol. The number of carboxylic acids is 1. The summed E-state index contributed by atoms with van der Waals surface area (Å²) in [5.74, 6) is -1.89. The van der Waals surface area contributed by atoms with Gasteiger partial charge in [0.05, 0.1) is 17.2 Å². The number of rotatable bonds is 6. The molecule has 3 aromatic rings. The second-order valence-corrected chi connectivity index (χ2v) is 8.04. The maximum Gasteiger partial charge on any atom is 0.418 e. The van der Waals surface area contributed by atoms with Crippen LogP contribution in [0.3, 0.4) is 0 Å². The zero-order valence-electron chi connectivity index (χ0n) is 17.8. The zero-order valence-corrected chi connectivity index (χ0v) is 17.8. The summed E-state index contributed by atoms with van der Waals surface area (Å²) in [5.41, 5.74) is 0.354. The Labute approximate surface area is 192 Å². The predicted octanol–water partition coefficient (Wildman–Crippen LogP) is 5.44. The van der Waals surface area contributed by atoms with Crippen LogP contribution in [0.4, 0.5) is 30.6 Å². The highest BCUT2D eigenvalue weighted by Gasteiger charge is 2.33. The second-order valence-electron chi connectivity index (χ2n) is 8.04. The molecule has 4 rings (SSSR count). The molecule has 1 aromatic heterocycles. The van der Waals surface area contributed by atoms with Gasteiger partial charge in [-0.3, -0.25) is 9.59 Å². The largest absolute Gasteiger partial charge is 0.481 e. The van der Waals surface area contributed by atoms with Gasteiger partial charge in [0.1, 0.15) is 0 Å². The van der Waals surface area contributed by atoms with Crippen molar-refractivity contribution in [1.29, 1.82) is 0 Å². The monoisotopic (exact) mass is 474 g/mol. The number of nitrogens with one attached hydrogen (secondary N) is 2. The molecule has 178 valence electrons. The third-order valence-corrected chi connectivity index (χ3v) is 5.81. The third kappa shape index (κ3) is 5.36. The highest BCUT2D eigenvalue weighted by molar-refractivity contribution is 6.00. The number of halogens is 3. The van der Waals surface area contributed by atoms with E-state index in [-0.39, 0.29) is 23.5 Å². The van der Waals surface area contributed by atoms with Gasteiger partial charge in [-0.15, -0.1) is 5.10 Å². The standard InChI is InChI=1S/C23H21F3N4O4/c24-23(25,26)17-3-1-2-4-18(17)28-22-30-29-20(34-22)19(31)27-16-11-9-14(10-12-16)13-5-7-15(8-6-13)21(32)33/h1-4,9-13,15H,5-8H2,(H,27,31)(H,28,30)(H,32,33)/t13-,15-. The molecule has 0 atom stereocenters. The van der Waals surface area contributed by atoms with Gasteiger partial charge >= 0.3 is 30.0 Å². The van der Waals surface area contributed by atoms with Crippen molar-refractivity contribution in [2.24, 2.45) is 5.92 Å². The molecule has 1 fully saturated rings. The van der Waals surface area contributed by atoms with Crippen molar-refractivity contribution in [3.8, 4) is 0 Å². The van der Waals surface area contributed by atoms with Crippen LogP contribution in [0.5, 0.6) is 0 Å².